The average Bonchev–Trinajstić information content (AvgIpc) is 2.93. The fourth-order valence-electron chi connectivity index (χ4n) is 1.39. The minimum atomic E-state index is -0.0382. The summed E-state index contributed by atoms with van der Waals surface area (Å²) in [6.45, 7) is 0.200. The molecule has 100 valence electrons. The number of hydrogen-bond acceptors (Lipinski definition) is 6. The molecule has 0 fully saturated rings. The van der Waals surface area contributed by atoms with Crippen molar-refractivity contribution in [3.8, 4) is 0 Å². The third-order valence-corrected chi connectivity index (χ3v) is 3.26. The van der Waals surface area contributed by atoms with Gasteiger partial charge in [0.2, 0.25) is 11.8 Å². The molecule has 2 rings (SSSR count). The number of benzene rings is 1. The normalized spacial score (nSPS) is 10.4. The van der Waals surface area contributed by atoms with Crippen LogP contribution in [0.25, 0.3) is 0 Å². The maximum absolute atomic E-state index is 12.0. The number of carbonyl (C=O) groups excluding carboxylic acids is 1. The molecule has 7 heteroatoms. The Morgan fingerprint density at radius 2 is 2.11 bits per heavy atom. The number of carbonyl (C=O) groups is 1. The Balaban J connectivity index is 1.91. The van der Waals surface area contributed by atoms with Crippen LogP contribution in [-0.4, -0.2) is 28.9 Å². The molecule has 2 aromatic rings. The van der Waals surface area contributed by atoms with Gasteiger partial charge < -0.3 is 15.1 Å². The number of rotatable bonds is 5. The fourth-order valence-corrected chi connectivity index (χ4v) is 2.09. The van der Waals surface area contributed by atoms with Crippen molar-refractivity contribution >= 4 is 23.4 Å². The zero-order valence-electron chi connectivity index (χ0n) is 10.4. The highest BCUT2D eigenvalue weighted by Gasteiger charge is 2.13. The van der Waals surface area contributed by atoms with Crippen molar-refractivity contribution in [3.63, 3.8) is 0 Å². The second kappa shape index (κ2) is 6.35. The Morgan fingerprint density at radius 1 is 1.37 bits per heavy atom. The highest BCUT2D eigenvalue weighted by molar-refractivity contribution is 7.99. The molecule has 0 radical (unpaired) electrons. The topological polar surface area (TPSA) is 85.2 Å². The number of thioether (sulfide) groups is 1. The smallest absolute Gasteiger partial charge is 0.277 e. The number of nitrogens with zero attached hydrogens (tertiary/aromatic N) is 3. The van der Waals surface area contributed by atoms with Crippen molar-refractivity contribution in [2.75, 3.05) is 17.7 Å². The first-order valence-corrected chi connectivity index (χ1v) is 6.66. The Bertz CT molecular complexity index is 544. The Hall–Kier alpha value is -1.86. The highest BCUT2D eigenvalue weighted by atomic mass is 32.2. The standard InChI is InChI=1S/C12H14N4O2S/c1-16(9-5-3-2-4-6-9)11(17)8-19-12-15-14-10(7-13)18-12/h2-6H,7-8,13H2,1H3. The molecule has 2 N–H and O–H groups in total. The molecule has 0 aliphatic rings. The van der Waals surface area contributed by atoms with Gasteiger partial charge in [0.15, 0.2) is 0 Å². The minimum absolute atomic E-state index is 0.0382. The Kier molecular flexibility index (Phi) is 4.53. The molecule has 1 amide bonds. The SMILES string of the molecule is CN(C(=O)CSc1nnc(CN)o1)c1ccccc1. The molecule has 6 nitrogen and oxygen atoms in total. The van der Waals surface area contributed by atoms with E-state index in [1.165, 1.54) is 11.8 Å². The van der Waals surface area contributed by atoms with Crippen molar-refractivity contribution in [2.45, 2.75) is 11.8 Å². The number of hydrogen-bond donors (Lipinski definition) is 1. The number of amides is 1. The molecule has 1 aromatic carbocycles. The van der Waals surface area contributed by atoms with Gasteiger partial charge in [-0.1, -0.05) is 30.0 Å². The van der Waals surface area contributed by atoms with Gasteiger partial charge in [-0.3, -0.25) is 4.79 Å². The lowest BCUT2D eigenvalue weighted by molar-refractivity contribution is -0.115. The van der Waals surface area contributed by atoms with E-state index in [1.54, 1.807) is 11.9 Å². The first kappa shape index (κ1) is 13.6. The Morgan fingerprint density at radius 3 is 2.74 bits per heavy atom. The third-order valence-electron chi connectivity index (χ3n) is 2.46. The van der Waals surface area contributed by atoms with E-state index in [0.717, 1.165) is 5.69 Å². The third kappa shape index (κ3) is 3.55. The fraction of sp³-hybridized carbons (Fsp3) is 0.250. The van der Waals surface area contributed by atoms with E-state index in [4.69, 9.17) is 10.2 Å². The minimum Gasteiger partial charge on any atom is -0.415 e. The van der Waals surface area contributed by atoms with Crippen LogP contribution in [0.4, 0.5) is 5.69 Å². The van der Waals surface area contributed by atoms with Crippen LogP contribution in [0.15, 0.2) is 40.0 Å². The first-order valence-electron chi connectivity index (χ1n) is 5.67. The Labute approximate surface area is 115 Å². The summed E-state index contributed by atoms with van der Waals surface area (Å²) in [5, 5.41) is 7.87. The van der Waals surface area contributed by atoms with Gasteiger partial charge in [0.25, 0.3) is 5.22 Å². The molecule has 0 aliphatic carbocycles. The zero-order chi connectivity index (χ0) is 13.7. The lowest BCUT2D eigenvalue weighted by atomic mass is 10.3. The molecule has 0 aliphatic heterocycles. The number of para-hydroxylation sites is 1. The summed E-state index contributed by atoms with van der Waals surface area (Å²) in [5.74, 6) is 0.562. The van der Waals surface area contributed by atoms with Crippen LogP contribution in [0, 0.1) is 0 Å². The lowest BCUT2D eigenvalue weighted by Gasteiger charge is -2.16. The van der Waals surface area contributed by atoms with Gasteiger partial charge in [-0.25, -0.2) is 0 Å². The van der Waals surface area contributed by atoms with E-state index < -0.39 is 0 Å². The lowest BCUT2D eigenvalue weighted by Crippen LogP contribution is -2.27. The monoisotopic (exact) mass is 278 g/mol. The molecule has 0 unspecified atom stereocenters. The molecule has 0 saturated carbocycles. The quantitative estimate of drug-likeness (QED) is 0.829. The number of nitrogens with two attached hydrogens (primary N) is 1. The molecule has 1 heterocycles. The molecule has 0 saturated heterocycles. The van der Waals surface area contributed by atoms with E-state index in [0.29, 0.717) is 11.1 Å². The van der Waals surface area contributed by atoms with E-state index in [2.05, 4.69) is 10.2 Å². The maximum Gasteiger partial charge on any atom is 0.277 e. The summed E-state index contributed by atoms with van der Waals surface area (Å²) >= 11 is 1.20. The predicted molar refractivity (Wildman–Crippen MR) is 72.8 cm³/mol. The van der Waals surface area contributed by atoms with E-state index in [-0.39, 0.29) is 18.2 Å². The van der Waals surface area contributed by atoms with Crippen LogP contribution >= 0.6 is 11.8 Å². The largest absolute Gasteiger partial charge is 0.415 e. The molecular formula is C12H14N4O2S. The summed E-state index contributed by atoms with van der Waals surface area (Å²) in [5.41, 5.74) is 6.21. The van der Waals surface area contributed by atoms with Crippen molar-refractivity contribution in [3.05, 3.63) is 36.2 Å². The van der Waals surface area contributed by atoms with Crippen molar-refractivity contribution in [1.29, 1.82) is 0 Å². The second-order valence-electron chi connectivity index (χ2n) is 3.74. The van der Waals surface area contributed by atoms with Gasteiger partial charge in [-0.15, -0.1) is 10.2 Å². The summed E-state index contributed by atoms with van der Waals surface area (Å²) in [7, 11) is 1.73. The molecule has 1 aromatic heterocycles. The van der Waals surface area contributed by atoms with Crippen LogP contribution < -0.4 is 10.6 Å². The van der Waals surface area contributed by atoms with E-state index >= 15 is 0 Å². The van der Waals surface area contributed by atoms with Crippen LogP contribution in [0.5, 0.6) is 0 Å². The molecule has 19 heavy (non-hydrogen) atoms. The molecular weight excluding hydrogens is 264 g/mol. The molecule has 0 spiro atoms. The zero-order valence-corrected chi connectivity index (χ0v) is 11.3. The van der Waals surface area contributed by atoms with E-state index in [1.807, 2.05) is 30.3 Å². The van der Waals surface area contributed by atoms with Gasteiger partial charge in [0.05, 0.1) is 12.3 Å². The van der Waals surface area contributed by atoms with Gasteiger partial charge in [0.1, 0.15) is 0 Å². The predicted octanol–water partition coefficient (Wildman–Crippen LogP) is 1.28. The second-order valence-corrected chi connectivity index (χ2v) is 4.67. The highest BCUT2D eigenvalue weighted by Crippen LogP contribution is 2.18. The van der Waals surface area contributed by atoms with Gasteiger partial charge >= 0.3 is 0 Å². The van der Waals surface area contributed by atoms with Gasteiger partial charge in [-0.05, 0) is 12.1 Å². The molecule has 0 atom stereocenters. The van der Waals surface area contributed by atoms with E-state index in [9.17, 15) is 4.79 Å². The number of aromatic nitrogens is 2. The van der Waals surface area contributed by atoms with Crippen molar-refractivity contribution < 1.29 is 9.21 Å². The van der Waals surface area contributed by atoms with Crippen LogP contribution in [0.2, 0.25) is 0 Å². The summed E-state index contributed by atoms with van der Waals surface area (Å²) in [6.07, 6.45) is 0. The average molecular weight is 278 g/mol. The van der Waals surface area contributed by atoms with Crippen LogP contribution in [0.1, 0.15) is 5.89 Å². The summed E-state index contributed by atoms with van der Waals surface area (Å²) < 4.78 is 5.21. The van der Waals surface area contributed by atoms with Crippen molar-refractivity contribution in [1.82, 2.24) is 10.2 Å². The van der Waals surface area contributed by atoms with Gasteiger partial charge in [0, 0.05) is 12.7 Å². The van der Waals surface area contributed by atoms with Crippen LogP contribution in [-0.2, 0) is 11.3 Å². The summed E-state index contributed by atoms with van der Waals surface area (Å²) in [4.78, 5) is 13.6. The molecule has 0 bridgehead atoms. The van der Waals surface area contributed by atoms with Crippen molar-refractivity contribution in [2.24, 2.45) is 5.73 Å². The first-order chi connectivity index (χ1) is 9.20. The number of anilines is 1. The summed E-state index contributed by atoms with van der Waals surface area (Å²) in [6, 6.07) is 9.43. The van der Waals surface area contributed by atoms with Crippen LogP contribution in [0.3, 0.4) is 0 Å². The maximum atomic E-state index is 12.0. The van der Waals surface area contributed by atoms with Gasteiger partial charge in [-0.2, -0.15) is 0 Å².